The predicted molar refractivity (Wildman–Crippen MR) is 143 cm³/mol. The smallest absolute Gasteiger partial charge is 0.152 e. The zero-order valence-electron chi connectivity index (χ0n) is 20.4. The number of nitrogens with one attached hydrogen (secondary N) is 1. The summed E-state index contributed by atoms with van der Waals surface area (Å²) in [7, 11) is 0. The first-order chi connectivity index (χ1) is 17.5. The van der Waals surface area contributed by atoms with Gasteiger partial charge in [-0.2, -0.15) is 0 Å². The zero-order chi connectivity index (χ0) is 24.9. The lowest BCUT2D eigenvalue weighted by atomic mass is 9.83. The summed E-state index contributed by atoms with van der Waals surface area (Å²) in [5, 5.41) is 4.08. The third-order valence-electron chi connectivity index (χ3n) is 7.16. The SMILES string of the molecule is NC1CCC(Cc2cc(-c3cnc(N4CCOCC4)c(NCc4cccc(F)c4)c3)c(Cl)cn2)CC1. The Morgan fingerprint density at radius 1 is 1.06 bits per heavy atom. The monoisotopic (exact) mass is 509 g/mol. The summed E-state index contributed by atoms with van der Waals surface area (Å²) in [6.07, 6.45) is 9.01. The van der Waals surface area contributed by atoms with Crippen molar-refractivity contribution in [2.45, 2.75) is 44.7 Å². The minimum absolute atomic E-state index is 0.245. The van der Waals surface area contributed by atoms with Gasteiger partial charge in [0.2, 0.25) is 0 Å². The van der Waals surface area contributed by atoms with Crippen molar-refractivity contribution in [3.05, 3.63) is 70.9 Å². The first kappa shape index (κ1) is 24.9. The van der Waals surface area contributed by atoms with Gasteiger partial charge in [-0.15, -0.1) is 0 Å². The molecule has 3 N–H and O–H groups in total. The molecule has 3 heterocycles. The van der Waals surface area contributed by atoms with E-state index in [1.165, 1.54) is 6.07 Å². The molecule has 36 heavy (non-hydrogen) atoms. The first-order valence-electron chi connectivity index (χ1n) is 12.8. The number of morpholine rings is 1. The highest BCUT2D eigenvalue weighted by atomic mass is 35.5. The van der Waals surface area contributed by atoms with Crippen LogP contribution in [0.5, 0.6) is 0 Å². The highest BCUT2D eigenvalue weighted by Gasteiger charge is 2.21. The number of nitrogens with zero attached hydrogens (tertiary/aromatic N) is 3. The van der Waals surface area contributed by atoms with Gasteiger partial charge in [0.25, 0.3) is 0 Å². The van der Waals surface area contributed by atoms with E-state index in [-0.39, 0.29) is 5.82 Å². The van der Waals surface area contributed by atoms with Crippen LogP contribution in [0.1, 0.15) is 36.9 Å². The molecule has 0 spiro atoms. The molecule has 1 aromatic carbocycles. The summed E-state index contributed by atoms with van der Waals surface area (Å²) in [4.78, 5) is 11.7. The average Bonchev–Trinajstić information content (AvgIpc) is 2.90. The van der Waals surface area contributed by atoms with Crippen molar-refractivity contribution < 1.29 is 9.13 Å². The second kappa shape index (κ2) is 11.5. The molecule has 6 nitrogen and oxygen atoms in total. The average molecular weight is 510 g/mol. The maximum Gasteiger partial charge on any atom is 0.152 e. The van der Waals surface area contributed by atoms with Crippen LogP contribution in [0, 0.1) is 11.7 Å². The van der Waals surface area contributed by atoms with E-state index < -0.39 is 0 Å². The molecule has 1 aliphatic carbocycles. The lowest BCUT2D eigenvalue weighted by Gasteiger charge is -2.30. The number of aromatic nitrogens is 2. The molecular weight excluding hydrogens is 477 g/mol. The Hall–Kier alpha value is -2.74. The van der Waals surface area contributed by atoms with Crippen molar-refractivity contribution in [3.63, 3.8) is 0 Å². The van der Waals surface area contributed by atoms with Crippen molar-refractivity contribution in [2.24, 2.45) is 11.7 Å². The number of anilines is 2. The highest BCUT2D eigenvalue weighted by Crippen LogP contribution is 2.35. The van der Waals surface area contributed by atoms with Crippen molar-refractivity contribution in [3.8, 4) is 11.1 Å². The molecule has 2 fully saturated rings. The van der Waals surface area contributed by atoms with Crippen LogP contribution in [0.3, 0.4) is 0 Å². The van der Waals surface area contributed by atoms with Gasteiger partial charge in [0.1, 0.15) is 5.82 Å². The van der Waals surface area contributed by atoms with Crippen molar-refractivity contribution in [2.75, 3.05) is 36.5 Å². The van der Waals surface area contributed by atoms with Gasteiger partial charge in [0, 0.05) is 54.9 Å². The summed E-state index contributed by atoms with van der Waals surface area (Å²) < 4.78 is 19.3. The molecule has 1 aliphatic heterocycles. The van der Waals surface area contributed by atoms with Gasteiger partial charge in [0.15, 0.2) is 5.82 Å². The molecule has 3 aromatic rings. The molecule has 0 bridgehead atoms. The number of halogens is 2. The number of nitrogens with two attached hydrogens (primary N) is 1. The summed E-state index contributed by atoms with van der Waals surface area (Å²) in [6.45, 7) is 3.36. The van der Waals surface area contributed by atoms with E-state index in [2.05, 4.69) is 27.3 Å². The summed E-state index contributed by atoms with van der Waals surface area (Å²) in [5.41, 5.74) is 10.7. The van der Waals surface area contributed by atoms with Crippen LogP contribution in [0.15, 0.2) is 48.8 Å². The highest BCUT2D eigenvalue weighted by molar-refractivity contribution is 6.33. The quantitative estimate of drug-likeness (QED) is 0.441. The van der Waals surface area contributed by atoms with Gasteiger partial charge in [-0.25, -0.2) is 9.37 Å². The fraction of sp³-hybridized carbons (Fsp3) is 0.429. The standard InChI is InChI=1S/C28H33ClFN5O/c29-26-18-32-24(13-19-4-6-23(31)7-5-19)15-25(26)21-14-27(33-16-20-2-1-3-22(30)12-20)28(34-17-21)35-8-10-36-11-9-35/h1-3,12,14-15,17-19,23,33H,4-11,13,16,31H2. The molecule has 5 rings (SSSR count). The Kier molecular flexibility index (Phi) is 7.99. The van der Waals surface area contributed by atoms with E-state index in [4.69, 9.17) is 27.1 Å². The molecule has 0 unspecified atom stereocenters. The van der Waals surface area contributed by atoms with Gasteiger partial charge >= 0.3 is 0 Å². The van der Waals surface area contributed by atoms with Crippen molar-refractivity contribution in [1.29, 1.82) is 0 Å². The van der Waals surface area contributed by atoms with Gasteiger partial charge in [-0.1, -0.05) is 23.7 Å². The second-order valence-corrected chi connectivity index (χ2v) is 10.2. The molecule has 2 aliphatic rings. The van der Waals surface area contributed by atoms with Crippen molar-refractivity contribution in [1.82, 2.24) is 9.97 Å². The van der Waals surface area contributed by atoms with Crippen LogP contribution >= 0.6 is 11.6 Å². The maximum atomic E-state index is 13.7. The minimum Gasteiger partial charge on any atom is -0.378 e. The van der Waals surface area contributed by atoms with E-state index in [1.54, 1.807) is 18.3 Å². The summed E-state index contributed by atoms with van der Waals surface area (Å²) >= 11 is 6.63. The third kappa shape index (κ3) is 6.14. The summed E-state index contributed by atoms with van der Waals surface area (Å²) in [6, 6.07) is 11.1. The van der Waals surface area contributed by atoms with Crippen LogP contribution in [0.4, 0.5) is 15.9 Å². The molecule has 0 amide bonds. The molecule has 1 saturated carbocycles. The van der Waals surface area contributed by atoms with Crippen LogP contribution in [-0.2, 0) is 17.7 Å². The topological polar surface area (TPSA) is 76.3 Å². The normalized spacial score (nSPS) is 20.4. The van der Waals surface area contributed by atoms with E-state index >= 15 is 0 Å². The number of ether oxygens (including phenoxy) is 1. The number of hydrogen-bond donors (Lipinski definition) is 2. The zero-order valence-corrected chi connectivity index (χ0v) is 21.2. The van der Waals surface area contributed by atoms with E-state index in [1.807, 2.05) is 12.3 Å². The minimum atomic E-state index is -0.245. The molecule has 1 saturated heterocycles. The second-order valence-electron chi connectivity index (χ2n) is 9.82. The van der Waals surface area contributed by atoms with Crippen molar-refractivity contribution >= 4 is 23.1 Å². The fourth-order valence-electron chi connectivity index (χ4n) is 5.11. The van der Waals surface area contributed by atoms with E-state index in [9.17, 15) is 4.39 Å². The van der Waals surface area contributed by atoms with Crippen LogP contribution in [0.2, 0.25) is 5.02 Å². The molecule has 190 valence electrons. The number of pyridine rings is 2. The third-order valence-corrected chi connectivity index (χ3v) is 7.46. The van der Waals surface area contributed by atoms with Crippen LogP contribution in [0.25, 0.3) is 11.1 Å². The van der Waals surface area contributed by atoms with Crippen LogP contribution < -0.4 is 16.0 Å². The Labute approximate surface area is 217 Å². The Morgan fingerprint density at radius 2 is 1.86 bits per heavy atom. The maximum absolute atomic E-state index is 13.7. The predicted octanol–water partition coefficient (Wildman–Crippen LogP) is 5.44. The van der Waals surface area contributed by atoms with Gasteiger partial charge in [-0.3, -0.25) is 4.98 Å². The lowest BCUT2D eigenvalue weighted by Crippen LogP contribution is -2.37. The Morgan fingerprint density at radius 3 is 2.64 bits per heavy atom. The van der Waals surface area contributed by atoms with E-state index in [0.717, 1.165) is 79.1 Å². The number of rotatable bonds is 7. The first-order valence-corrected chi connectivity index (χ1v) is 13.1. The Bertz CT molecular complexity index is 1180. The van der Waals surface area contributed by atoms with E-state index in [0.29, 0.717) is 36.7 Å². The molecule has 0 radical (unpaired) electrons. The lowest BCUT2D eigenvalue weighted by molar-refractivity contribution is 0.122. The van der Waals surface area contributed by atoms with Crippen LogP contribution in [-0.4, -0.2) is 42.3 Å². The number of benzene rings is 1. The number of hydrogen-bond acceptors (Lipinski definition) is 6. The van der Waals surface area contributed by atoms with Gasteiger partial charge in [-0.05, 0) is 67.9 Å². The molecular formula is C28H33ClFN5O. The Balaban J connectivity index is 1.42. The van der Waals surface area contributed by atoms with Gasteiger partial charge in [0.05, 0.1) is 23.9 Å². The molecule has 0 atom stereocenters. The molecule has 8 heteroatoms. The van der Waals surface area contributed by atoms with Gasteiger partial charge < -0.3 is 20.7 Å². The molecule has 2 aromatic heterocycles. The summed E-state index contributed by atoms with van der Waals surface area (Å²) in [5.74, 6) is 1.23. The largest absolute Gasteiger partial charge is 0.378 e. The fourth-order valence-corrected chi connectivity index (χ4v) is 5.32.